The molecule has 0 radical (unpaired) electrons. The van der Waals surface area contributed by atoms with E-state index in [1.165, 1.54) is 4.80 Å². The van der Waals surface area contributed by atoms with Gasteiger partial charge in [0.25, 0.3) is 5.91 Å². The highest BCUT2D eigenvalue weighted by atomic mass is 16.5. The number of carbonyl (C=O) groups excluding carboxylic acids is 1. The number of ether oxygens (including phenoxy) is 2. The van der Waals surface area contributed by atoms with Crippen molar-refractivity contribution in [2.24, 2.45) is 5.10 Å². The van der Waals surface area contributed by atoms with Gasteiger partial charge in [-0.15, -0.1) is 10.2 Å². The third-order valence-corrected chi connectivity index (χ3v) is 4.07. The lowest BCUT2D eigenvalue weighted by molar-refractivity contribution is -0.122. The summed E-state index contributed by atoms with van der Waals surface area (Å²) in [6, 6.07) is 14.9. The van der Waals surface area contributed by atoms with Gasteiger partial charge in [-0.2, -0.15) is 9.90 Å². The van der Waals surface area contributed by atoms with E-state index in [0.29, 0.717) is 36.2 Å². The van der Waals surface area contributed by atoms with Crippen LogP contribution in [-0.2, 0) is 11.3 Å². The van der Waals surface area contributed by atoms with Gasteiger partial charge in [-0.05, 0) is 44.2 Å². The second-order valence-electron chi connectivity index (χ2n) is 6.27. The van der Waals surface area contributed by atoms with Crippen LogP contribution < -0.4 is 14.9 Å². The molecule has 0 spiro atoms. The first kappa shape index (κ1) is 21.0. The highest BCUT2D eigenvalue weighted by Gasteiger charge is 2.11. The molecule has 0 saturated carbocycles. The predicted molar refractivity (Wildman–Crippen MR) is 112 cm³/mol. The number of hydrogen-bond acceptors (Lipinski definition) is 7. The zero-order valence-electron chi connectivity index (χ0n) is 17.2. The highest BCUT2D eigenvalue weighted by Crippen LogP contribution is 2.25. The zero-order valence-corrected chi connectivity index (χ0v) is 17.2. The van der Waals surface area contributed by atoms with Crippen molar-refractivity contribution in [3.63, 3.8) is 0 Å². The topological polar surface area (TPSA) is 104 Å². The predicted octanol–water partition coefficient (Wildman–Crippen LogP) is 2.68. The van der Waals surface area contributed by atoms with E-state index in [0.717, 1.165) is 11.1 Å². The monoisotopic (exact) mass is 408 g/mol. The number of rotatable bonds is 9. The number of nitrogens with zero attached hydrogens (tertiary/aromatic N) is 5. The lowest BCUT2D eigenvalue weighted by atomic mass is 10.1. The molecule has 3 rings (SSSR count). The molecule has 1 aromatic heterocycles. The number of tetrazole rings is 1. The quantitative estimate of drug-likeness (QED) is 0.431. The van der Waals surface area contributed by atoms with Crippen molar-refractivity contribution < 1.29 is 14.3 Å². The van der Waals surface area contributed by atoms with E-state index in [1.807, 2.05) is 62.4 Å². The van der Waals surface area contributed by atoms with Crippen LogP contribution in [-0.4, -0.2) is 45.0 Å². The smallest absolute Gasteiger partial charge is 0.263 e. The Kier molecular flexibility index (Phi) is 7.09. The maximum atomic E-state index is 12.3. The summed E-state index contributed by atoms with van der Waals surface area (Å²) in [6.07, 6.45) is 0. The van der Waals surface area contributed by atoms with Gasteiger partial charge in [0, 0.05) is 11.1 Å². The Hall–Kier alpha value is -3.75. The molecule has 0 aliphatic heterocycles. The van der Waals surface area contributed by atoms with Gasteiger partial charge >= 0.3 is 0 Å². The molecule has 1 N–H and O–H groups in total. The van der Waals surface area contributed by atoms with Crippen LogP contribution in [0.3, 0.4) is 0 Å². The van der Waals surface area contributed by atoms with Crippen LogP contribution in [0.2, 0.25) is 0 Å². The average molecular weight is 408 g/mol. The zero-order chi connectivity index (χ0) is 21.3. The standard InChI is InChI=1S/C21H24N6O3/c1-4-29-17-11-12-19(30-5-2)18(13-17)15(3)22-23-20(28)14-27-25-21(24-26-27)16-9-7-6-8-10-16/h6-13H,4-5,14H2,1-3H3,(H,23,28)/b22-15-. The summed E-state index contributed by atoms with van der Waals surface area (Å²) in [7, 11) is 0. The Morgan fingerprint density at radius 2 is 1.87 bits per heavy atom. The minimum absolute atomic E-state index is 0.103. The second kappa shape index (κ2) is 10.1. The minimum Gasteiger partial charge on any atom is -0.494 e. The van der Waals surface area contributed by atoms with Crippen LogP contribution in [0.5, 0.6) is 11.5 Å². The fraction of sp³-hybridized carbons (Fsp3) is 0.286. The lowest BCUT2D eigenvalue weighted by Gasteiger charge is -2.12. The second-order valence-corrected chi connectivity index (χ2v) is 6.27. The van der Waals surface area contributed by atoms with Crippen LogP contribution in [0.15, 0.2) is 53.6 Å². The van der Waals surface area contributed by atoms with Crippen molar-refractivity contribution in [1.82, 2.24) is 25.6 Å². The van der Waals surface area contributed by atoms with E-state index in [1.54, 1.807) is 6.92 Å². The molecule has 0 unspecified atom stereocenters. The third-order valence-electron chi connectivity index (χ3n) is 4.07. The number of hydrogen-bond donors (Lipinski definition) is 1. The van der Waals surface area contributed by atoms with Gasteiger partial charge in [0.05, 0.1) is 18.9 Å². The van der Waals surface area contributed by atoms with Crippen molar-refractivity contribution in [2.45, 2.75) is 27.3 Å². The molecule has 0 bridgehead atoms. The number of amides is 1. The summed E-state index contributed by atoms with van der Waals surface area (Å²) in [5.74, 6) is 1.46. The molecular weight excluding hydrogens is 384 g/mol. The van der Waals surface area contributed by atoms with Crippen molar-refractivity contribution in [2.75, 3.05) is 13.2 Å². The largest absolute Gasteiger partial charge is 0.494 e. The summed E-state index contributed by atoms with van der Waals surface area (Å²) >= 11 is 0. The Morgan fingerprint density at radius 3 is 2.60 bits per heavy atom. The summed E-state index contributed by atoms with van der Waals surface area (Å²) < 4.78 is 11.2. The van der Waals surface area contributed by atoms with Crippen molar-refractivity contribution in [1.29, 1.82) is 0 Å². The molecule has 3 aromatic rings. The molecule has 0 fully saturated rings. The molecule has 0 aliphatic rings. The molecule has 9 heteroatoms. The van der Waals surface area contributed by atoms with E-state index in [-0.39, 0.29) is 12.5 Å². The Morgan fingerprint density at radius 1 is 1.10 bits per heavy atom. The molecule has 156 valence electrons. The molecule has 9 nitrogen and oxygen atoms in total. The first-order valence-electron chi connectivity index (χ1n) is 9.67. The molecule has 0 saturated heterocycles. The summed E-state index contributed by atoms with van der Waals surface area (Å²) in [5, 5.41) is 16.3. The SMILES string of the molecule is CCOc1ccc(OCC)c(/C(C)=N\NC(=O)Cn2nnc(-c3ccccc3)n2)c1. The Balaban J connectivity index is 1.67. The van der Waals surface area contributed by atoms with Gasteiger partial charge in [0.1, 0.15) is 18.0 Å². The van der Waals surface area contributed by atoms with Gasteiger partial charge in [0.2, 0.25) is 5.82 Å². The first-order chi connectivity index (χ1) is 14.6. The molecule has 2 aromatic carbocycles. The molecule has 1 heterocycles. The van der Waals surface area contributed by atoms with E-state index >= 15 is 0 Å². The fourth-order valence-electron chi connectivity index (χ4n) is 2.71. The number of aromatic nitrogens is 4. The minimum atomic E-state index is -0.370. The first-order valence-corrected chi connectivity index (χ1v) is 9.67. The van der Waals surface area contributed by atoms with Crippen LogP contribution >= 0.6 is 0 Å². The summed E-state index contributed by atoms with van der Waals surface area (Å²) in [4.78, 5) is 13.5. The van der Waals surface area contributed by atoms with Crippen molar-refractivity contribution in [3.8, 4) is 22.9 Å². The average Bonchev–Trinajstić information content (AvgIpc) is 3.22. The molecule has 30 heavy (non-hydrogen) atoms. The lowest BCUT2D eigenvalue weighted by Crippen LogP contribution is -2.25. The number of carbonyl (C=O) groups is 1. The fourth-order valence-corrected chi connectivity index (χ4v) is 2.71. The number of hydrazone groups is 1. The number of nitrogens with one attached hydrogen (secondary N) is 1. The van der Waals surface area contributed by atoms with E-state index < -0.39 is 0 Å². The normalized spacial score (nSPS) is 11.2. The van der Waals surface area contributed by atoms with Gasteiger partial charge in [-0.1, -0.05) is 30.3 Å². The maximum Gasteiger partial charge on any atom is 0.263 e. The van der Waals surface area contributed by atoms with E-state index in [4.69, 9.17) is 9.47 Å². The molecule has 0 atom stereocenters. The summed E-state index contributed by atoms with van der Waals surface area (Å²) in [6.45, 7) is 6.57. The van der Waals surface area contributed by atoms with Gasteiger partial charge in [-0.25, -0.2) is 5.43 Å². The third kappa shape index (κ3) is 5.40. The maximum absolute atomic E-state index is 12.3. The molecule has 0 aliphatic carbocycles. The molecule has 1 amide bonds. The van der Waals surface area contributed by atoms with Gasteiger partial charge in [-0.3, -0.25) is 4.79 Å². The summed E-state index contributed by atoms with van der Waals surface area (Å²) in [5.41, 5.74) is 4.68. The van der Waals surface area contributed by atoms with Crippen LogP contribution in [0.4, 0.5) is 0 Å². The number of benzene rings is 2. The van der Waals surface area contributed by atoms with Crippen molar-refractivity contribution >= 4 is 11.6 Å². The highest BCUT2D eigenvalue weighted by molar-refractivity contribution is 6.02. The van der Waals surface area contributed by atoms with Crippen LogP contribution in [0.25, 0.3) is 11.4 Å². The molecular formula is C21H24N6O3. The van der Waals surface area contributed by atoms with Crippen molar-refractivity contribution in [3.05, 3.63) is 54.1 Å². The van der Waals surface area contributed by atoms with Gasteiger partial charge in [0.15, 0.2) is 0 Å². The Bertz CT molecular complexity index is 1020. The van der Waals surface area contributed by atoms with Crippen LogP contribution in [0.1, 0.15) is 26.3 Å². The van der Waals surface area contributed by atoms with E-state index in [9.17, 15) is 4.79 Å². The van der Waals surface area contributed by atoms with Gasteiger partial charge < -0.3 is 9.47 Å². The van der Waals surface area contributed by atoms with E-state index in [2.05, 4.69) is 25.9 Å². The Labute approximate surface area is 174 Å². The van der Waals surface area contributed by atoms with Crippen LogP contribution in [0, 0.1) is 0 Å².